The molecule has 0 aliphatic carbocycles. The van der Waals surface area contributed by atoms with Crippen molar-refractivity contribution in [1.82, 2.24) is 10.2 Å². The molecule has 9 heteroatoms. The Morgan fingerprint density at radius 2 is 1.70 bits per heavy atom. The largest absolute Gasteiger partial charge is 0.452 e. The summed E-state index contributed by atoms with van der Waals surface area (Å²) in [6.07, 6.45) is 0. The van der Waals surface area contributed by atoms with Gasteiger partial charge in [0.2, 0.25) is 5.89 Å². The fraction of sp³-hybridized carbons (Fsp3) is 0.125. The van der Waals surface area contributed by atoms with Gasteiger partial charge >= 0.3 is 5.97 Å². The molecule has 0 aliphatic heterocycles. The van der Waals surface area contributed by atoms with Crippen molar-refractivity contribution in [2.75, 3.05) is 4.72 Å². The molecule has 0 saturated heterocycles. The average Bonchev–Trinajstić information content (AvgIpc) is 3.29. The fourth-order valence-electron chi connectivity index (χ4n) is 3.16. The van der Waals surface area contributed by atoms with Crippen molar-refractivity contribution < 1.29 is 22.4 Å². The highest BCUT2D eigenvalue weighted by Crippen LogP contribution is 2.24. The molecule has 33 heavy (non-hydrogen) atoms. The maximum absolute atomic E-state index is 13.0. The number of aromatic nitrogens is 2. The highest BCUT2D eigenvalue weighted by Gasteiger charge is 2.21. The lowest BCUT2D eigenvalue weighted by atomic mass is 10.2. The molecule has 0 amide bonds. The third-order valence-corrected chi connectivity index (χ3v) is 6.35. The smallest absolute Gasteiger partial charge is 0.340 e. The molecular formula is C24H21N3O5S. The molecular weight excluding hydrogens is 442 g/mol. The van der Waals surface area contributed by atoms with E-state index in [0.29, 0.717) is 11.5 Å². The molecule has 1 N–H and O–H groups in total. The maximum atomic E-state index is 13.0. The van der Waals surface area contributed by atoms with Gasteiger partial charge in [-0.05, 0) is 55.3 Å². The Balaban J connectivity index is 1.50. The normalized spacial score (nSPS) is 11.2. The lowest BCUT2D eigenvalue weighted by Gasteiger charge is -2.13. The van der Waals surface area contributed by atoms with Crippen molar-refractivity contribution in [3.63, 3.8) is 0 Å². The Labute approximate surface area is 191 Å². The van der Waals surface area contributed by atoms with Crippen LogP contribution in [-0.2, 0) is 21.4 Å². The van der Waals surface area contributed by atoms with Crippen LogP contribution in [0.4, 0.5) is 5.69 Å². The van der Waals surface area contributed by atoms with Crippen LogP contribution in [0.15, 0.2) is 82.1 Å². The first-order valence-corrected chi connectivity index (χ1v) is 11.6. The molecule has 0 saturated carbocycles. The standard InChI is InChI=1S/C24H21N3O5S/c1-16-12-13-17(2)21(14-16)33(29,30)27-20-11-7-6-10-19(20)24(28)31-15-22-25-26-23(32-22)18-8-4-3-5-9-18/h3-14,27H,15H2,1-2H3. The second-order valence-corrected chi connectivity index (χ2v) is 9.01. The first-order chi connectivity index (χ1) is 15.8. The maximum Gasteiger partial charge on any atom is 0.340 e. The molecule has 1 heterocycles. The number of rotatable bonds is 7. The minimum atomic E-state index is -3.92. The molecule has 4 aromatic rings. The number of hydrogen-bond acceptors (Lipinski definition) is 7. The molecule has 0 spiro atoms. The number of nitrogens with one attached hydrogen (secondary N) is 1. The van der Waals surface area contributed by atoms with E-state index in [4.69, 9.17) is 9.15 Å². The molecule has 0 unspecified atom stereocenters. The summed E-state index contributed by atoms with van der Waals surface area (Å²) in [7, 11) is -3.92. The quantitative estimate of drug-likeness (QED) is 0.401. The van der Waals surface area contributed by atoms with Crippen LogP contribution in [0, 0.1) is 13.8 Å². The van der Waals surface area contributed by atoms with Gasteiger partial charge in [-0.25, -0.2) is 13.2 Å². The molecule has 0 bridgehead atoms. The predicted octanol–water partition coefficient (Wildman–Crippen LogP) is 4.51. The van der Waals surface area contributed by atoms with E-state index in [1.165, 1.54) is 12.1 Å². The van der Waals surface area contributed by atoms with Crippen LogP contribution in [0.1, 0.15) is 27.4 Å². The van der Waals surface area contributed by atoms with Crippen molar-refractivity contribution in [2.24, 2.45) is 0 Å². The zero-order valence-corrected chi connectivity index (χ0v) is 18.8. The Morgan fingerprint density at radius 3 is 2.48 bits per heavy atom. The van der Waals surface area contributed by atoms with Gasteiger partial charge in [-0.15, -0.1) is 10.2 Å². The number of aryl methyl sites for hydroxylation is 2. The van der Waals surface area contributed by atoms with Crippen LogP contribution in [0.3, 0.4) is 0 Å². The van der Waals surface area contributed by atoms with Crippen molar-refractivity contribution in [3.05, 3.63) is 95.4 Å². The predicted molar refractivity (Wildman–Crippen MR) is 122 cm³/mol. The Hall–Kier alpha value is -3.98. The first-order valence-electron chi connectivity index (χ1n) is 10.1. The van der Waals surface area contributed by atoms with E-state index in [1.54, 1.807) is 31.2 Å². The van der Waals surface area contributed by atoms with Crippen molar-refractivity contribution >= 4 is 21.7 Å². The zero-order chi connectivity index (χ0) is 23.4. The van der Waals surface area contributed by atoms with Gasteiger partial charge in [0.05, 0.1) is 16.1 Å². The number of esters is 1. The fourth-order valence-corrected chi connectivity index (χ4v) is 4.57. The summed E-state index contributed by atoms with van der Waals surface area (Å²) in [6.45, 7) is 3.27. The summed E-state index contributed by atoms with van der Waals surface area (Å²) < 4.78 is 39.3. The van der Waals surface area contributed by atoms with Crippen LogP contribution in [0.25, 0.3) is 11.5 Å². The van der Waals surface area contributed by atoms with Crippen LogP contribution >= 0.6 is 0 Å². The van der Waals surface area contributed by atoms with E-state index in [-0.39, 0.29) is 28.6 Å². The number of ether oxygens (including phenoxy) is 1. The average molecular weight is 464 g/mol. The summed E-state index contributed by atoms with van der Waals surface area (Å²) in [5.74, 6) is -0.298. The lowest BCUT2D eigenvalue weighted by Crippen LogP contribution is -2.17. The van der Waals surface area contributed by atoms with Crippen molar-refractivity contribution in [1.29, 1.82) is 0 Å². The number of anilines is 1. The SMILES string of the molecule is Cc1ccc(C)c(S(=O)(=O)Nc2ccccc2C(=O)OCc2nnc(-c3ccccc3)o2)c1. The third kappa shape index (κ3) is 5.09. The van der Waals surface area contributed by atoms with E-state index in [2.05, 4.69) is 14.9 Å². The molecule has 8 nitrogen and oxygen atoms in total. The molecule has 168 valence electrons. The number of sulfonamides is 1. The highest BCUT2D eigenvalue weighted by atomic mass is 32.2. The summed E-state index contributed by atoms with van der Waals surface area (Å²) in [6, 6.07) is 20.6. The van der Waals surface area contributed by atoms with Crippen LogP contribution in [-0.4, -0.2) is 24.6 Å². The summed E-state index contributed by atoms with van der Waals surface area (Å²) in [5.41, 5.74) is 2.32. The molecule has 0 radical (unpaired) electrons. The number of benzene rings is 3. The van der Waals surface area contributed by atoms with Crippen molar-refractivity contribution in [2.45, 2.75) is 25.3 Å². The van der Waals surface area contributed by atoms with Gasteiger partial charge in [0.25, 0.3) is 15.9 Å². The molecule has 0 aliphatic rings. The van der Waals surface area contributed by atoms with E-state index >= 15 is 0 Å². The van der Waals surface area contributed by atoms with E-state index in [1.807, 2.05) is 43.3 Å². The molecule has 0 fully saturated rings. The minimum Gasteiger partial charge on any atom is -0.452 e. The minimum absolute atomic E-state index is 0.0641. The van der Waals surface area contributed by atoms with Gasteiger partial charge in [0.1, 0.15) is 0 Å². The Kier molecular flexibility index (Phi) is 6.23. The topological polar surface area (TPSA) is 111 Å². The molecule has 3 aromatic carbocycles. The summed E-state index contributed by atoms with van der Waals surface area (Å²) in [5, 5.41) is 7.84. The van der Waals surface area contributed by atoms with Crippen LogP contribution in [0.2, 0.25) is 0 Å². The van der Waals surface area contributed by atoms with Gasteiger partial charge in [0.15, 0.2) is 6.61 Å². The van der Waals surface area contributed by atoms with Crippen molar-refractivity contribution in [3.8, 4) is 11.5 Å². The van der Waals surface area contributed by atoms with Gasteiger partial charge in [0, 0.05) is 5.56 Å². The number of carbonyl (C=O) groups excluding carboxylic acids is 1. The number of nitrogens with zero attached hydrogens (tertiary/aromatic N) is 2. The van der Waals surface area contributed by atoms with Gasteiger partial charge in [-0.2, -0.15) is 0 Å². The Morgan fingerprint density at radius 1 is 0.970 bits per heavy atom. The second kappa shape index (κ2) is 9.25. The van der Waals surface area contributed by atoms with Crippen LogP contribution < -0.4 is 4.72 Å². The zero-order valence-electron chi connectivity index (χ0n) is 18.0. The van der Waals surface area contributed by atoms with E-state index in [9.17, 15) is 13.2 Å². The van der Waals surface area contributed by atoms with E-state index in [0.717, 1.165) is 11.1 Å². The van der Waals surface area contributed by atoms with Gasteiger partial charge in [-0.1, -0.05) is 42.5 Å². The summed E-state index contributed by atoms with van der Waals surface area (Å²) >= 11 is 0. The molecule has 1 aromatic heterocycles. The molecule has 0 atom stereocenters. The first kappa shape index (κ1) is 22.2. The number of carbonyl (C=O) groups is 1. The second-order valence-electron chi connectivity index (χ2n) is 7.36. The van der Waals surface area contributed by atoms with Gasteiger partial charge < -0.3 is 9.15 Å². The third-order valence-electron chi connectivity index (χ3n) is 4.84. The monoisotopic (exact) mass is 463 g/mol. The van der Waals surface area contributed by atoms with Gasteiger partial charge in [-0.3, -0.25) is 4.72 Å². The van der Waals surface area contributed by atoms with E-state index < -0.39 is 16.0 Å². The number of hydrogen-bond donors (Lipinski definition) is 1. The Bertz CT molecular complexity index is 1400. The lowest BCUT2D eigenvalue weighted by molar-refractivity contribution is 0.0440. The number of para-hydroxylation sites is 1. The highest BCUT2D eigenvalue weighted by molar-refractivity contribution is 7.92. The molecule has 4 rings (SSSR count). The summed E-state index contributed by atoms with van der Waals surface area (Å²) in [4.78, 5) is 12.9. The van der Waals surface area contributed by atoms with Crippen LogP contribution in [0.5, 0.6) is 0 Å².